The molecular weight excluding hydrogens is 482 g/mol. The van der Waals surface area contributed by atoms with Gasteiger partial charge >= 0.3 is 0 Å². The van der Waals surface area contributed by atoms with Gasteiger partial charge in [-0.3, -0.25) is 9.59 Å². The number of ether oxygens (including phenoxy) is 1. The van der Waals surface area contributed by atoms with Gasteiger partial charge in [0.1, 0.15) is 11.6 Å². The summed E-state index contributed by atoms with van der Waals surface area (Å²) in [7, 11) is 0. The lowest BCUT2D eigenvalue weighted by Crippen LogP contribution is -2.45. The average Bonchev–Trinajstić information content (AvgIpc) is 3.52. The summed E-state index contributed by atoms with van der Waals surface area (Å²) in [6.07, 6.45) is 1.72. The molecule has 190 valence electrons. The minimum absolute atomic E-state index is 0.0717. The maximum atomic E-state index is 13.6. The fraction of sp³-hybridized carbons (Fsp3) is 0.357. The van der Waals surface area contributed by atoms with E-state index in [1.807, 2.05) is 18.4 Å². The van der Waals surface area contributed by atoms with E-state index in [1.54, 1.807) is 45.4 Å². The van der Waals surface area contributed by atoms with Crippen LogP contribution in [0.5, 0.6) is 0 Å². The van der Waals surface area contributed by atoms with E-state index < -0.39 is 0 Å². The summed E-state index contributed by atoms with van der Waals surface area (Å²) in [6, 6.07) is 13.9. The molecule has 0 N–H and O–H groups in total. The lowest BCUT2D eigenvalue weighted by Gasteiger charge is -2.29. The molecule has 1 fully saturated rings. The number of halogens is 2. The van der Waals surface area contributed by atoms with Crippen LogP contribution < -0.4 is 0 Å². The standard InChI is InChI=1S/C28H30F2N2O3S/c1-20-12-14-36-26(20)18-31(16-22-6-10-24(30)11-7-22)28(34)19-32(17-25-3-2-13-35-25)27(33)15-21-4-8-23(29)9-5-21/h4-12,14,25H,2-3,13,15-19H2,1H3. The van der Waals surface area contributed by atoms with E-state index in [0.29, 0.717) is 31.8 Å². The maximum Gasteiger partial charge on any atom is 0.242 e. The normalized spacial score (nSPS) is 15.1. The number of carbonyl (C=O) groups excluding carboxylic acids is 2. The maximum absolute atomic E-state index is 13.6. The Bertz CT molecular complexity index is 1160. The van der Waals surface area contributed by atoms with Gasteiger partial charge in [-0.1, -0.05) is 24.3 Å². The van der Waals surface area contributed by atoms with E-state index in [1.165, 1.54) is 24.3 Å². The first-order chi connectivity index (χ1) is 17.4. The zero-order valence-electron chi connectivity index (χ0n) is 20.3. The molecule has 1 aliphatic heterocycles. The number of carbonyl (C=O) groups is 2. The Morgan fingerprint density at radius 1 is 0.917 bits per heavy atom. The van der Waals surface area contributed by atoms with Crippen molar-refractivity contribution in [1.29, 1.82) is 0 Å². The number of hydrogen-bond donors (Lipinski definition) is 0. The summed E-state index contributed by atoms with van der Waals surface area (Å²) in [5.74, 6) is -1.10. The van der Waals surface area contributed by atoms with Gasteiger partial charge in [0.2, 0.25) is 11.8 Å². The molecule has 2 aromatic carbocycles. The van der Waals surface area contributed by atoms with E-state index in [9.17, 15) is 18.4 Å². The third-order valence-electron chi connectivity index (χ3n) is 6.34. The lowest BCUT2D eigenvalue weighted by atomic mass is 10.1. The quantitative estimate of drug-likeness (QED) is 0.379. The molecule has 2 heterocycles. The second-order valence-electron chi connectivity index (χ2n) is 9.12. The lowest BCUT2D eigenvalue weighted by molar-refractivity contribution is -0.142. The molecule has 1 atom stereocenters. The first-order valence-electron chi connectivity index (χ1n) is 12.1. The van der Waals surface area contributed by atoms with E-state index in [4.69, 9.17) is 4.74 Å². The molecule has 1 saturated heterocycles. The van der Waals surface area contributed by atoms with Gasteiger partial charge in [0.15, 0.2) is 0 Å². The van der Waals surface area contributed by atoms with Crippen molar-refractivity contribution in [2.75, 3.05) is 19.7 Å². The van der Waals surface area contributed by atoms with Gasteiger partial charge in [-0.2, -0.15) is 0 Å². The van der Waals surface area contributed by atoms with Gasteiger partial charge in [0.05, 0.1) is 25.6 Å². The van der Waals surface area contributed by atoms with Crippen LogP contribution >= 0.6 is 11.3 Å². The number of aryl methyl sites for hydroxylation is 1. The molecule has 0 saturated carbocycles. The molecule has 1 aromatic heterocycles. The third-order valence-corrected chi connectivity index (χ3v) is 7.35. The van der Waals surface area contributed by atoms with Gasteiger partial charge in [0, 0.05) is 24.6 Å². The molecule has 1 aliphatic rings. The van der Waals surface area contributed by atoms with Crippen LogP contribution in [0.3, 0.4) is 0 Å². The number of nitrogens with zero attached hydrogens (tertiary/aromatic N) is 2. The van der Waals surface area contributed by atoms with Crippen LogP contribution in [0.4, 0.5) is 8.78 Å². The van der Waals surface area contributed by atoms with Crippen molar-refractivity contribution >= 4 is 23.2 Å². The molecule has 0 aliphatic carbocycles. The van der Waals surface area contributed by atoms with Gasteiger partial charge in [0.25, 0.3) is 0 Å². The number of rotatable bonds is 10. The second-order valence-corrected chi connectivity index (χ2v) is 10.1. The molecule has 0 bridgehead atoms. The molecule has 3 aromatic rings. The van der Waals surface area contributed by atoms with Gasteiger partial charge in [-0.05, 0) is 72.2 Å². The minimum atomic E-state index is -0.363. The van der Waals surface area contributed by atoms with Crippen LogP contribution in [-0.2, 0) is 33.8 Å². The smallest absolute Gasteiger partial charge is 0.242 e. The van der Waals surface area contributed by atoms with Gasteiger partial charge in [-0.15, -0.1) is 11.3 Å². The Labute approximate surface area is 214 Å². The largest absolute Gasteiger partial charge is 0.376 e. The fourth-order valence-electron chi connectivity index (χ4n) is 4.22. The highest BCUT2D eigenvalue weighted by Gasteiger charge is 2.27. The van der Waals surface area contributed by atoms with Crippen LogP contribution in [0, 0.1) is 18.6 Å². The van der Waals surface area contributed by atoms with E-state index >= 15 is 0 Å². The Balaban J connectivity index is 1.52. The molecule has 2 amide bonds. The van der Waals surface area contributed by atoms with Crippen molar-refractivity contribution in [3.05, 3.63) is 93.2 Å². The Morgan fingerprint density at radius 2 is 1.58 bits per heavy atom. The van der Waals surface area contributed by atoms with Crippen molar-refractivity contribution in [2.45, 2.75) is 45.4 Å². The van der Waals surface area contributed by atoms with Gasteiger partial charge in [-0.25, -0.2) is 8.78 Å². The topological polar surface area (TPSA) is 49.9 Å². The van der Waals surface area contributed by atoms with E-state index in [0.717, 1.165) is 28.8 Å². The fourth-order valence-corrected chi connectivity index (χ4v) is 5.14. The van der Waals surface area contributed by atoms with E-state index in [-0.39, 0.29) is 42.5 Å². The average molecular weight is 513 g/mol. The zero-order valence-corrected chi connectivity index (χ0v) is 21.1. The molecule has 5 nitrogen and oxygen atoms in total. The van der Waals surface area contributed by atoms with E-state index in [2.05, 4.69) is 0 Å². The zero-order chi connectivity index (χ0) is 25.5. The first-order valence-corrected chi connectivity index (χ1v) is 12.9. The van der Waals surface area contributed by atoms with Crippen LogP contribution in [-0.4, -0.2) is 47.4 Å². The second kappa shape index (κ2) is 12.2. The number of benzene rings is 2. The summed E-state index contributed by atoms with van der Waals surface area (Å²) in [5, 5.41) is 1.99. The van der Waals surface area contributed by atoms with Crippen molar-refractivity contribution in [2.24, 2.45) is 0 Å². The van der Waals surface area contributed by atoms with Gasteiger partial charge < -0.3 is 14.5 Å². The molecular formula is C28H30F2N2O3S. The monoisotopic (exact) mass is 512 g/mol. The van der Waals surface area contributed by atoms with Crippen molar-refractivity contribution in [3.8, 4) is 0 Å². The molecule has 1 unspecified atom stereocenters. The highest BCUT2D eigenvalue weighted by Crippen LogP contribution is 2.21. The summed E-state index contributed by atoms with van der Waals surface area (Å²) in [4.78, 5) is 31.2. The first kappa shape index (κ1) is 26.0. The van der Waals surface area contributed by atoms with Crippen molar-refractivity contribution in [3.63, 3.8) is 0 Å². The third kappa shape index (κ3) is 7.21. The number of thiophene rings is 1. The highest BCUT2D eigenvalue weighted by molar-refractivity contribution is 7.10. The van der Waals surface area contributed by atoms with Crippen LogP contribution in [0.25, 0.3) is 0 Å². The molecule has 0 radical (unpaired) electrons. The van der Waals surface area contributed by atoms with Crippen molar-refractivity contribution in [1.82, 2.24) is 9.80 Å². The Hall–Kier alpha value is -3.10. The molecule has 36 heavy (non-hydrogen) atoms. The summed E-state index contributed by atoms with van der Waals surface area (Å²) in [5.41, 5.74) is 2.59. The van der Waals surface area contributed by atoms with Crippen LogP contribution in [0.2, 0.25) is 0 Å². The Kier molecular flexibility index (Phi) is 8.83. The number of hydrogen-bond acceptors (Lipinski definition) is 4. The molecule has 0 spiro atoms. The molecule has 4 rings (SSSR count). The SMILES string of the molecule is Cc1ccsc1CN(Cc1ccc(F)cc1)C(=O)CN(CC1CCCO1)C(=O)Cc1ccc(F)cc1. The predicted molar refractivity (Wildman–Crippen MR) is 135 cm³/mol. The number of amides is 2. The molecule has 8 heteroatoms. The summed E-state index contributed by atoms with van der Waals surface area (Å²) >= 11 is 1.58. The minimum Gasteiger partial charge on any atom is -0.376 e. The van der Waals surface area contributed by atoms with Crippen molar-refractivity contribution < 1.29 is 23.1 Å². The predicted octanol–water partition coefficient (Wildman–Crippen LogP) is 5.11. The highest BCUT2D eigenvalue weighted by atomic mass is 32.1. The Morgan fingerprint density at radius 3 is 2.17 bits per heavy atom. The summed E-state index contributed by atoms with van der Waals surface area (Å²) in [6.45, 7) is 3.59. The van der Waals surface area contributed by atoms with Crippen LogP contribution in [0.15, 0.2) is 60.0 Å². The summed E-state index contributed by atoms with van der Waals surface area (Å²) < 4.78 is 32.5. The van der Waals surface area contributed by atoms with Crippen LogP contribution in [0.1, 0.15) is 34.4 Å².